The van der Waals surface area contributed by atoms with Crippen LogP contribution in [-0.2, 0) is 5.75 Å². The fourth-order valence-electron chi connectivity index (χ4n) is 1.38. The number of anilines is 3. The Kier molecular flexibility index (Phi) is 3.93. The maximum atomic E-state index is 5.81. The maximum absolute atomic E-state index is 5.81. The van der Waals surface area contributed by atoms with E-state index < -0.39 is 0 Å². The summed E-state index contributed by atoms with van der Waals surface area (Å²) in [6.45, 7) is 0. The number of nitrogens with zero attached hydrogens (tertiary/aromatic N) is 2. The van der Waals surface area contributed by atoms with Crippen molar-refractivity contribution < 1.29 is 0 Å². The van der Waals surface area contributed by atoms with Gasteiger partial charge in [0.25, 0.3) is 0 Å². The second-order valence-electron chi connectivity index (χ2n) is 3.61. The van der Waals surface area contributed by atoms with Crippen LogP contribution in [-0.4, -0.2) is 9.97 Å². The minimum atomic E-state index is 0.372. The zero-order valence-electron chi connectivity index (χ0n) is 9.43. The summed E-state index contributed by atoms with van der Waals surface area (Å²) in [7, 11) is 0. The first-order valence-corrected chi connectivity index (χ1v) is 6.90. The van der Waals surface area contributed by atoms with Crippen molar-refractivity contribution in [3.63, 3.8) is 0 Å². The van der Waals surface area contributed by atoms with Crippen molar-refractivity contribution in [1.82, 2.24) is 9.97 Å². The molecule has 1 aromatic carbocycles. The summed E-state index contributed by atoms with van der Waals surface area (Å²) in [6.07, 6.45) is 0. The van der Waals surface area contributed by atoms with Crippen LogP contribution in [0.25, 0.3) is 0 Å². The van der Waals surface area contributed by atoms with Gasteiger partial charge in [-0.25, -0.2) is 9.97 Å². The zero-order chi connectivity index (χ0) is 13.1. The lowest BCUT2D eigenvalue weighted by Crippen LogP contribution is -1.99. The third-order valence-electron chi connectivity index (χ3n) is 2.21. The largest absolute Gasteiger partial charge is 0.398 e. The lowest BCUT2D eigenvalue weighted by Gasteiger charge is -2.06. The molecule has 0 fully saturated rings. The van der Waals surface area contributed by atoms with Crippen molar-refractivity contribution in [3.8, 4) is 0 Å². The standard InChI is InChI=1S/C11H12BrN5S/c12-10-6(2-1-3-7(10)13)5-18-11-16-8(14)4-9(15)17-11/h1-4H,5,13H2,(H4,14,15,16,17). The van der Waals surface area contributed by atoms with Crippen LogP contribution in [0.1, 0.15) is 5.56 Å². The highest BCUT2D eigenvalue weighted by Gasteiger charge is 2.06. The molecule has 0 saturated carbocycles. The molecule has 0 aliphatic carbocycles. The molecule has 1 aromatic heterocycles. The average Bonchev–Trinajstić information content (AvgIpc) is 2.30. The van der Waals surface area contributed by atoms with Crippen LogP contribution < -0.4 is 17.2 Å². The van der Waals surface area contributed by atoms with Crippen LogP contribution >= 0.6 is 27.7 Å². The second-order valence-corrected chi connectivity index (χ2v) is 5.34. The highest BCUT2D eigenvalue weighted by molar-refractivity contribution is 9.10. The Morgan fingerprint density at radius 2 is 1.78 bits per heavy atom. The number of aromatic nitrogens is 2. The summed E-state index contributed by atoms with van der Waals surface area (Å²) < 4.78 is 0.898. The van der Waals surface area contributed by atoms with E-state index in [1.54, 1.807) is 0 Å². The van der Waals surface area contributed by atoms with Crippen LogP contribution in [0.3, 0.4) is 0 Å². The molecule has 1 heterocycles. The zero-order valence-corrected chi connectivity index (χ0v) is 11.8. The third-order valence-corrected chi connectivity index (χ3v) is 4.07. The molecule has 0 atom stereocenters. The molecule has 0 unspecified atom stereocenters. The number of hydrogen-bond donors (Lipinski definition) is 3. The Balaban J connectivity index is 2.14. The lowest BCUT2D eigenvalue weighted by atomic mass is 10.2. The van der Waals surface area contributed by atoms with Gasteiger partial charge in [-0.05, 0) is 27.6 Å². The molecular weight excluding hydrogens is 314 g/mol. The minimum Gasteiger partial charge on any atom is -0.398 e. The van der Waals surface area contributed by atoms with E-state index >= 15 is 0 Å². The van der Waals surface area contributed by atoms with E-state index in [1.165, 1.54) is 17.8 Å². The van der Waals surface area contributed by atoms with E-state index in [4.69, 9.17) is 17.2 Å². The van der Waals surface area contributed by atoms with Gasteiger partial charge in [-0.1, -0.05) is 23.9 Å². The topological polar surface area (TPSA) is 104 Å². The molecule has 0 amide bonds. The Morgan fingerprint density at radius 3 is 2.44 bits per heavy atom. The molecule has 0 aliphatic rings. The van der Waals surface area contributed by atoms with Gasteiger partial charge < -0.3 is 17.2 Å². The van der Waals surface area contributed by atoms with Gasteiger partial charge in [0.05, 0.1) is 0 Å². The number of halogens is 1. The van der Waals surface area contributed by atoms with Crippen LogP contribution in [0.5, 0.6) is 0 Å². The fraction of sp³-hybridized carbons (Fsp3) is 0.0909. The predicted octanol–water partition coefficient (Wildman–Crippen LogP) is 2.28. The van der Waals surface area contributed by atoms with E-state index in [1.807, 2.05) is 18.2 Å². The molecule has 0 spiro atoms. The monoisotopic (exact) mass is 325 g/mol. The summed E-state index contributed by atoms with van der Waals surface area (Å²) >= 11 is 4.91. The van der Waals surface area contributed by atoms with Gasteiger partial charge >= 0.3 is 0 Å². The molecule has 0 bridgehead atoms. The second kappa shape index (κ2) is 5.45. The molecule has 2 aromatic rings. The van der Waals surface area contributed by atoms with Gasteiger partial charge in [0.2, 0.25) is 0 Å². The van der Waals surface area contributed by atoms with Crippen molar-refractivity contribution in [1.29, 1.82) is 0 Å². The highest BCUT2D eigenvalue weighted by Crippen LogP contribution is 2.29. The predicted molar refractivity (Wildman–Crippen MR) is 79.0 cm³/mol. The normalized spacial score (nSPS) is 10.5. The van der Waals surface area contributed by atoms with Gasteiger partial charge in [-0.3, -0.25) is 0 Å². The van der Waals surface area contributed by atoms with E-state index in [0.717, 1.165) is 10.0 Å². The van der Waals surface area contributed by atoms with Gasteiger partial charge in [0.1, 0.15) is 11.6 Å². The summed E-state index contributed by atoms with van der Waals surface area (Å²) in [6, 6.07) is 7.27. The Morgan fingerprint density at radius 1 is 1.11 bits per heavy atom. The van der Waals surface area contributed by atoms with Gasteiger partial charge in [0, 0.05) is 22.0 Å². The maximum Gasteiger partial charge on any atom is 0.191 e. The molecule has 2 rings (SSSR count). The average molecular weight is 326 g/mol. The number of nitrogens with two attached hydrogens (primary N) is 3. The van der Waals surface area contributed by atoms with E-state index in [9.17, 15) is 0 Å². The van der Waals surface area contributed by atoms with Crippen LogP contribution in [0.4, 0.5) is 17.3 Å². The van der Waals surface area contributed by atoms with Crippen LogP contribution in [0, 0.1) is 0 Å². The smallest absolute Gasteiger partial charge is 0.191 e. The Labute approximate surface area is 117 Å². The number of hydrogen-bond acceptors (Lipinski definition) is 6. The van der Waals surface area contributed by atoms with Crippen LogP contribution in [0.15, 0.2) is 33.9 Å². The molecule has 6 N–H and O–H groups in total. The van der Waals surface area contributed by atoms with E-state index in [-0.39, 0.29) is 0 Å². The molecule has 94 valence electrons. The molecule has 7 heteroatoms. The van der Waals surface area contributed by atoms with Crippen LogP contribution in [0.2, 0.25) is 0 Å². The minimum absolute atomic E-state index is 0.372. The third kappa shape index (κ3) is 3.05. The van der Waals surface area contributed by atoms with Crippen molar-refractivity contribution >= 4 is 45.0 Å². The fourth-order valence-corrected chi connectivity index (χ4v) is 2.84. The number of benzene rings is 1. The van der Waals surface area contributed by atoms with Crippen molar-refractivity contribution in [3.05, 3.63) is 34.3 Å². The number of rotatable bonds is 3. The van der Waals surface area contributed by atoms with Gasteiger partial charge in [0.15, 0.2) is 5.16 Å². The van der Waals surface area contributed by atoms with Gasteiger partial charge in [-0.15, -0.1) is 0 Å². The Hall–Kier alpha value is -1.47. The van der Waals surface area contributed by atoms with E-state index in [2.05, 4.69) is 25.9 Å². The van der Waals surface area contributed by atoms with Crippen molar-refractivity contribution in [2.75, 3.05) is 17.2 Å². The molecule has 0 aliphatic heterocycles. The first-order chi connectivity index (χ1) is 8.56. The van der Waals surface area contributed by atoms with E-state index in [0.29, 0.717) is 28.2 Å². The molecule has 0 saturated heterocycles. The molecular formula is C11H12BrN5S. The molecule has 5 nitrogen and oxygen atoms in total. The first-order valence-electron chi connectivity index (χ1n) is 5.12. The molecule has 0 radical (unpaired) electrons. The van der Waals surface area contributed by atoms with Gasteiger partial charge in [-0.2, -0.15) is 0 Å². The van der Waals surface area contributed by atoms with Crippen molar-refractivity contribution in [2.45, 2.75) is 10.9 Å². The SMILES string of the molecule is Nc1cc(N)nc(SCc2cccc(N)c2Br)n1. The van der Waals surface area contributed by atoms with Crippen molar-refractivity contribution in [2.24, 2.45) is 0 Å². The molecule has 18 heavy (non-hydrogen) atoms. The first kappa shape index (κ1) is 13.0. The Bertz CT molecular complexity index is 555. The quantitative estimate of drug-likeness (QED) is 0.454. The summed E-state index contributed by atoms with van der Waals surface area (Å²) in [5.74, 6) is 1.43. The highest BCUT2D eigenvalue weighted by atomic mass is 79.9. The number of thioether (sulfide) groups is 1. The summed E-state index contributed by atoms with van der Waals surface area (Å²) in [5, 5.41) is 0.557. The summed E-state index contributed by atoms with van der Waals surface area (Å²) in [4.78, 5) is 8.21. The lowest BCUT2D eigenvalue weighted by molar-refractivity contribution is 0.984. The summed E-state index contributed by atoms with van der Waals surface area (Å²) in [5.41, 5.74) is 18.8. The number of nitrogen functional groups attached to an aromatic ring is 3.